The second kappa shape index (κ2) is 5.81. The summed E-state index contributed by atoms with van der Waals surface area (Å²) in [5, 5.41) is 16.5. The minimum atomic E-state index is -0.370. The van der Waals surface area contributed by atoms with Gasteiger partial charge in [0.1, 0.15) is 10.7 Å². The second-order valence-electron chi connectivity index (χ2n) is 6.61. The van der Waals surface area contributed by atoms with Crippen LogP contribution >= 0.6 is 11.3 Å². The van der Waals surface area contributed by atoms with Crippen molar-refractivity contribution in [2.24, 2.45) is 11.3 Å². The first kappa shape index (κ1) is 16.0. The molecule has 2 rings (SSSR count). The molecule has 1 aromatic heterocycles. The first-order chi connectivity index (χ1) is 9.71. The Morgan fingerprint density at radius 2 is 2.24 bits per heavy atom. The van der Waals surface area contributed by atoms with Crippen LogP contribution in [0.2, 0.25) is 0 Å². The molecule has 5 N–H and O–H groups in total. The fourth-order valence-electron chi connectivity index (χ4n) is 2.23. The summed E-state index contributed by atoms with van der Waals surface area (Å²) in [6, 6.07) is -0.0337. The average molecular weight is 312 g/mol. The zero-order valence-electron chi connectivity index (χ0n) is 12.9. The van der Waals surface area contributed by atoms with Crippen molar-refractivity contribution in [1.29, 1.82) is 0 Å². The van der Waals surface area contributed by atoms with Crippen LogP contribution in [-0.2, 0) is 0 Å². The molecule has 1 aromatic rings. The van der Waals surface area contributed by atoms with Gasteiger partial charge in [-0.3, -0.25) is 4.79 Å². The molecule has 1 amide bonds. The van der Waals surface area contributed by atoms with Gasteiger partial charge >= 0.3 is 0 Å². The summed E-state index contributed by atoms with van der Waals surface area (Å²) in [7, 11) is 0. The molecule has 1 aliphatic rings. The van der Waals surface area contributed by atoms with Crippen LogP contribution in [0.3, 0.4) is 0 Å². The molecular weight excluding hydrogens is 288 g/mol. The summed E-state index contributed by atoms with van der Waals surface area (Å²) in [4.78, 5) is 16.9. The van der Waals surface area contributed by atoms with E-state index in [2.05, 4.69) is 29.5 Å². The molecule has 1 heterocycles. The fraction of sp³-hybridized carbons (Fsp3) is 0.714. The number of carbonyl (C=O) groups is 1. The smallest absolute Gasteiger partial charge is 0.265 e. The number of nitrogens with zero attached hydrogens (tertiary/aromatic N) is 1. The molecule has 1 saturated carbocycles. The summed E-state index contributed by atoms with van der Waals surface area (Å²) in [6.45, 7) is 8.87. The third-order valence-electron chi connectivity index (χ3n) is 4.04. The monoisotopic (exact) mass is 312 g/mol. The van der Waals surface area contributed by atoms with Gasteiger partial charge in [0, 0.05) is 18.0 Å². The summed E-state index contributed by atoms with van der Waals surface area (Å²) >= 11 is 1.27. The van der Waals surface area contributed by atoms with E-state index in [1.165, 1.54) is 11.3 Å². The van der Waals surface area contributed by atoms with Crippen molar-refractivity contribution in [2.45, 2.75) is 46.3 Å². The number of amides is 1. The first-order valence-electron chi connectivity index (χ1n) is 7.21. The van der Waals surface area contributed by atoms with Gasteiger partial charge in [0.05, 0.1) is 6.10 Å². The van der Waals surface area contributed by atoms with Crippen LogP contribution in [0.1, 0.15) is 43.8 Å². The number of nitrogens with one attached hydrogen (secondary N) is 2. The zero-order valence-corrected chi connectivity index (χ0v) is 13.8. The van der Waals surface area contributed by atoms with E-state index in [1.807, 2.05) is 13.8 Å². The highest BCUT2D eigenvalue weighted by molar-refractivity contribution is 7.18. The third-order valence-corrected chi connectivity index (χ3v) is 5.07. The van der Waals surface area contributed by atoms with E-state index in [0.717, 1.165) is 6.54 Å². The zero-order chi connectivity index (χ0) is 15.8. The molecule has 118 valence electrons. The SMILES string of the molecule is CC(C)CNc1nc(N)c(C(=O)NC2CC(O)C2(C)C)s1. The van der Waals surface area contributed by atoms with E-state index < -0.39 is 0 Å². The van der Waals surface area contributed by atoms with Crippen LogP contribution < -0.4 is 16.4 Å². The topological polar surface area (TPSA) is 100 Å². The number of carbonyl (C=O) groups excluding carboxylic acids is 1. The maximum absolute atomic E-state index is 12.3. The Labute approximate surface area is 129 Å². The van der Waals surface area contributed by atoms with Gasteiger partial charge in [-0.2, -0.15) is 0 Å². The average Bonchev–Trinajstić information content (AvgIpc) is 2.77. The standard InChI is InChI=1S/C14H24N4O2S/c1-7(2)6-16-13-18-11(15)10(21-13)12(20)17-8-5-9(19)14(8,3)4/h7-9,19H,5-6,15H2,1-4H3,(H,16,18)(H,17,20). The second-order valence-corrected chi connectivity index (χ2v) is 7.61. The number of rotatable bonds is 5. The van der Waals surface area contributed by atoms with Crippen LogP contribution in [-0.4, -0.2) is 34.7 Å². The van der Waals surface area contributed by atoms with Crippen molar-refractivity contribution in [3.8, 4) is 0 Å². The molecule has 0 aliphatic heterocycles. The molecule has 0 bridgehead atoms. The van der Waals surface area contributed by atoms with Crippen LogP contribution in [0.4, 0.5) is 10.9 Å². The molecule has 0 radical (unpaired) electrons. The molecule has 2 unspecified atom stereocenters. The predicted octanol–water partition coefficient (Wildman–Crippen LogP) is 1.68. The van der Waals surface area contributed by atoms with E-state index in [-0.39, 0.29) is 29.3 Å². The van der Waals surface area contributed by atoms with Crippen molar-refractivity contribution in [3.63, 3.8) is 0 Å². The van der Waals surface area contributed by atoms with Crippen LogP contribution in [0.25, 0.3) is 0 Å². The van der Waals surface area contributed by atoms with Gasteiger partial charge in [-0.1, -0.05) is 39.0 Å². The third kappa shape index (κ3) is 3.29. The van der Waals surface area contributed by atoms with Crippen LogP contribution in [0.5, 0.6) is 0 Å². The van der Waals surface area contributed by atoms with Gasteiger partial charge in [-0.15, -0.1) is 0 Å². The molecule has 1 aliphatic carbocycles. The lowest BCUT2D eigenvalue weighted by atomic mass is 9.64. The van der Waals surface area contributed by atoms with Crippen LogP contribution in [0, 0.1) is 11.3 Å². The van der Waals surface area contributed by atoms with Crippen LogP contribution in [0.15, 0.2) is 0 Å². The summed E-state index contributed by atoms with van der Waals surface area (Å²) in [6.07, 6.45) is 0.209. The van der Waals surface area contributed by atoms with Gasteiger partial charge in [0.15, 0.2) is 5.13 Å². The van der Waals surface area contributed by atoms with Gasteiger partial charge in [-0.05, 0) is 12.3 Å². The molecule has 2 atom stereocenters. The molecular formula is C14H24N4O2S. The van der Waals surface area contributed by atoms with Crippen molar-refractivity contribution in [1.82, 2.24) is 10.3 Å². The van der Waals surface area contributed by atoms with Gasteiger partial charge in [-0.25, -0.2) is 4.98 Å². The molecule has 7 heteroatoms. The van der Waals surface area contributed by atoms with E-state index in [1.54, 1.807) is 0 Å². The Morgan fingerprint density at radius 1 is 1.57 bits per heavy atom. The highest BCUT2D eigenvalue weighted by Crippen LogP contribution is 2.40. The number of hydrogen-bond donors (Lipinski definition) is 4. The maximum Gasteiger partial charge on any atom is 0.265 e. The highest BCUT2D eigenvalue weighted by atomic mass is 32.1. The molecule has 0 aromatic carbocycles. The minimum Gasteiger partial charge on any atom is -0.392 e. The van der Waals surface area contributed by atoms with Crippen molar-refractivity contribution < 1.29 is 9.90 Å². The number of aliphatic hydroxyl groups excluding tert-OH is 1. The Hall–Kier alpha value is -1.34. The molecule has 0 spiro atoms. The summed E-state index contributed by atoms with van der Waals surface area (Å²) < 4.78 is 0. The number of thiazole rings is 1. The molecule has 6 nitrogen and oxygen atoms in total. The van der Waals surface area contributed by atoms with Crippen molar-refractivity contribution >= 4 is 28.2 Å². The normalized spacial score (nSPS) is 23.7. The Kier molecular flexibility index (Phi) is 4.43. The van der Waals surface area contributed by atoms with Gasteiger partial charge < -0.3 is 21.5 Å². The quantitative estimate of drug-likeness (QED) is 0.663. The number of anilines is 2. The molecule has 0 saturated heterocycles. The molecule has 21 heavy (non-hydrogen) atoms. The largest absolute Gasteiger partial charge is 0.392 e. The van der Waals surface area contributed by atoms with E-state index in [9.17, 15) is 9.90 Å². The first-order valence-corrected chi connectivity index (χ1v) is 8.02. The minimum absolute atomic E-state index is 0.0337. The summed E-state index contributed by atoms with van der Waals surface area (Å²) in [5.41, 5.74) is 5.53. The number of nitrogens with two attached hydrogens (primary N) is 1. The van der Waals surface area contributed by atoms with E-state index in [4.69, 9.17) is 5.73 Å². The summed E-state index contributed by atoms with van der Waals surface area (Å²) in [5.74, 6) is 0.527. The number of aromatic nitrogens is 1. The van der Waals surface area contributed by atoms with Gasteiger partial charge in [0.2, 0.25) is 0 Å². The fourth-order valence-corrected chi connectivity index (χ4v) is 3.03. The van der Waals surface area contributed by atoms with E-state index >= 15 is 0 Å². The highest BCUT2D eigenvalue weighted by Gasteiger charge is 2.48. The Bertz CT molecular complexity index is 527. The predicted molar refractivity (Wildman–Crippen MR) is 85.5 cm³/mol. The number of nitrogen functional groups attached to an aromatic ring is 1. The number of hydrogen-bond acceptors (Lipinski definition) is 6. The van der Waals surface area contributed by atoms with Gasteiger partial charge in [0.25, 0.3) is 5.91 Å². The Morgan fingerprint density at radius 3 is 2.76 bits per heavy atom. The lowest BCUT2D eigenvalue weighted by Gasteiger charge is -2.49. The molecule has 1 fully saturated rings. The van der Waals surface area contributed by atoms with E-state index in [0.29, 0.717) is 22.3 Å². The van der Waals surface area contributed by atoms with Crippen molar-refractivity contribution in [3.05, 3.63) is 4.88 Å². The number of aliphatic hydroxyl groups is 1. The lowest BCUT2D eigenvalue weighted by Crippen LogP contribution is -2.61. The van der Waals surface area contributed by atoms with Crippen molar-refractivity contribution in [2.75, 3.05) is 17.6 Å². The lowest BCUT2D eigenvalue weighted by molar-refractivity contribution is -0.0689. The Balaban J connectivity index is 2.00. The maximum atomic E-state index is 12.3.